The van der Waals surface area contributed by atoms with E-state index < -0.39 is 11.7 Å². The van der Waals surface area contributed by atoms with Gasteiger partial charge in [-0.2, -0.15) is 5.10 Å². The van der Waals surface area contributed by atoms with Gasteiger partial charge in [0.05, 0.1) is 19.0 Å². The summed E-state index contributed by atoms with van der Waals surface area (Å²) in [5, 5.41) is 13.3. The molecule has 39 heavy (non-hydrogen) atoms. The van der Waals surface area contributed by atoms with Gasteiger partial charge in [0.25, 0.3) is 0 Å². The molecule has 4 heterocycles. The number of anilines is 1. The van der Waals surface area contributed by atoms with E-state index in [1.807, 2.05) is 37.5 Å². The highest BCUT2D eigenvalue weighted by Crippen LogP contribution is 2.71. The zero-order valence-electron chi connectivity index (χ0n) is 22.7. The third-order valence-electron chi connectivity index (χ3n) is 9.99. The van der Waals surface area contributed by atoms with Crippen molar-refractivity contribution in [2.45, 2.75) is 24.8 Å². The number of rotatable bonds is 5. The van der Waals surface area contributed by atoms with Crippen molar-refractivity contribution < 1.29 is 9.59 Å². The number of aryl methyl sites for hydroxylation is 1. The quantitative estimate of drug-likeness (QED) is 0.313. The van der Waals surface area contributed by atoms with E-state index in [-0.39, 0.29) is 33.5 Å². The first-order chi connectivity index (χ1) is 18.8. The Hall–Kier alpha value is -3.69. The van der Waals surface area contributed by atoms with E-state index in [9.17, 15) is 9.59 Å². The molecule has 0 radical (unpaired) electrons. The molecule has 1 aromatic carbocycles. The van der Waals surface area contributed by atoms with Crippen molar-refractivity contribution in [1.29, 1.82) is 5.41 Å². The van der Waals surface area contributed by atoms with Crippen LogP contribution in [0.15, 0.2) is 54.9 Å². The summed E-state index contributed by atoms with van der Waals surface area (Å²) < 4.78 is 1.56. The number of carbonyl (C=O) groups excluding carboxylic acids is 2. The van der Waals surface area contributed by atoms with Crippen molar-refractivity contribution in [3.05, 3.63) is 71.7 Å². The van der Waals surface area contributed by atoms with Crippen molar-refractivity contribution in [2.24, 2.45) is 18.4 Å². The van der Waals surface area contributed by atoms with E-state index in [0.717, 1.165) is 56.1 Å². The van der Waals surface area contributed by atoms with Gasteiger partial charge >= 0.3 is 5.91 Å². The lowest BCUT2D eigenvalue weighted by atomic mass is 9.71. The van der Waals surface area contributed by atoms with Crippen LogP contribution >= 0.6 is 0 Å². The molecule has 1 amide bonds. The minimum absolute atomic E-state index is 0.0756. The van der Waals surface area contributed by atoms with Crippen molar-refractivity contribution in [1.82, 2.24) is 24.1 Å². The van der Waals surface area contributed by atoms with Gasteiger partial charge in [0.15, 0.2) is 5.69 Å². The molecule has 4 aliphatic rings. The van der Waals surface area contributed by atoms with Gasteiger partial charge in [-0.3, -0.25) is 9.48 Å². The van der Waals surface area contributed by atoms with Crippen LogP contribution in [0.1, 0.15) is 34.0 Å². The molecule has 7 rings (SSSR count). The SMILES string of the molecule is CN1CCN(c2ccc([N+]3(C)C(=O)[C@@H](C(=N)C(=O)c4ccnn4C)C4c5ccccc5CC45CC53)cn2)CC1. The van der Waals surface area contributed by atoms with Crippen molar-refractivity contribution in [3.63, 3.8) is 0 Å². The van der Waals surface area contributed by atoms with Gasteiger partial charge in [0.2, 0.25) is 5.78 Å². The number of nitrogens with zero attached hydrogens (tertiary/aromatic N) is 6. The molecule has 3 aromatic rings. The Kier molecular flexibility index (Phi) is 5.25. The summed E-state index contributed by atoms with van der Waals surface area (Å²) in [6, 6.07) is 14.1. The second-order valence-electron chi connectivity index (χ2n) is 11.9. The lowest BCUT2D eigenvalue weighted by Crippen LogP contribution is -2.63. The minimum atomic E-state index is -0.836. The highest BCUT2D eigenvalue weighted by atomic mass is 16.2. The van der Waals surface area contributed by atoms with Crippen LogP contribution in [-0.2, 0) is 18.3 Å². The van der Waals surface area contributed by atoms with Crippen LogP contribution < -0.4 is 9.38 Å². The first kappa shape index (κ1) is 24.4. The molecule has 9 nitrogen and oxygen atoms in total. The molecule has 5 atom stereocenters. The number of benzene rings is 1. The lowest BCUT2D eigenvalue weighted by molar-refractivity contribution is -0.136. The number of hydrogen-bond donors (Lipinski definition) is 1. The number of ketones is 1. The molecule has 1 N–H and O–H groups in total. The molecular formula is C30H34N7O2+. The number of amides is 1. The average molecular weight is 525 g/mol. The van der Waals surface area contributed by atoms with E-state index in [1.165, 1.54) is 10.2 Å². The molecule has 9 heteroatoms. The second kappa shape index (κ2) is 8.40. The first-order valence-electron chi connectivity index (χ1n) is 13.8. The van der Waals surface area contributed by atoms with E-state index in [1.54, 1.807) is 19.3 Å². The molecular weight excluding hydrogens is 490 g/mol. The summed E-state index contributed by atoms with van der Waals surface area (Å²) in [6.07, 6.45) is 5.17. The van der Waals surface area contributed by atoms with Gasteiger partial charge in [-0.25, -0.2) is 14.3 Å². The highest BCUT2D eigenvalue weighted by molar-refractivity contribution is 6.48. The fraction of sp³-hybridized carbons (Fsp3) is 0.433. The van der Waals surface area contributed by atoms with E-state index in [2.05, 4.69) is 34.1 Å². The topological polar surface area (TPSA) is 95.2 Å². The Bertz CT molecular complexity index is 1510. The van der Waals surface area contributed by atoms with Gasteiger partial charge < -0.3 is 15.2 Å². The summed E-state index contributed by atoms with van der Waals surface area (Å²) in [5.74, 6) is -0.599. The smallest absolute Gasteiger partial charge is 0.328 e. The summed E-state index contributed by atoms with van der Waals surface area (Å²) in [5.41, 5.74) is 3.24. The van der Waals surface area contributed by atoms with Crippen LogP contribution in [0.5, 0.6) is 0 Å². The van der Waals surface area contributed by atoms with Gasteiger partial charge in [-0.15, -0.1) is 0 Å². The van der Waals surface area contributed by atoms with Crippen LogP contribution in [0, 0.1) is 16.7 Å². The van der Waals surface area contributed by atoms with E-state index in [0.29, 0.717) is 5.69 Å². The van der Waals surface area contributed by atoms with Crippen molar-refractivity contribution >= 4 is 28.9 Å². The average Bonchev–Trinajstić information content (AvgIpc) is 3.37. The molecule has 4 unspecified atom stereocenters. The number of Topliss-reactive ketones (excluding diaryl/α,β-unsaturated/α-hetero) is 1. The standard InChI is InChI=1S/C30H34N7O2/c1-34-12-14-36(15-13-34)24-9-8-20(18-32-24)37(3)23-17-30(23)16-19-6-4-5-7-21(19)26(30)25(29(37)39)27(31)28(38)22-10-11-33-35(22)2/h4-11,18,23,25-26,31H,12-17H2,1-3H3/q+1/t23?,25-,26?,30?,37?/m1/s1. The molecule has 2 saturated heterocycles. The van der Waals surface area contributed by atoms with E-state index in [4.69, 9.17) is 10.4 Å². The molecule has 2 aromatic heterocycles. The lowest BCUT2D eigenvalue weighted by Gasteiger charge is -2.43. The van der Waals surface area contributed by atoms with Gasteiger partial charge in [0.1, 0.15) is 23.5 Å². The second-order valence-corrected chi connectivity index (χ2v) is 11.9. The first-order valence-corrected chi connectivity index (χ1v) is 13.8. The normalized spacial score (nSPS) is 31.4. The summed E-state index contributed by atoms with van der Waals surface area (Å²) in [6.45, 7) is 3.84. The minimum Gasteiger partial charge on any atom is -0.354 e. The maximum absolute atomic E-state index is 14.7. The molecule has 1 spiro atoms. The Morgan fingerprint density at radius 1 is 1.08 bits per heavy atom. The number of carbonyl (C=O) groups is 2. The number of hydrogen-bond acceptors (Lipinski definition) is 7. The Labute approximate surface area is 228 Å². The van der Waals surface area contributed by atoms with Crippen LogP contribution in [0.3, 0.4) is 0 Å². The summed E-state index contributed by atoms with van der Waals surface area (Å²) in [7, 11) is 5.80. The number of pyridine rings is 1. The number of piperidine rings is 1. The Morgan fingerprint density at radius 3 is 2.54 bits per heavy atom. The molecule has 200 valence electrons. The number of nitrogens with one attached hydrogen (secondary N) is 1. The monoisotopic (exact) mass is 524 g/mol. The number of fused-ring (bicyclic) bond motifs is 2. The van der Waals surface area contributed by atoms with Crippen molar-refractivity contribution in [3.8, 4) is 0 Å². The predicted molar refractivity (Wildman–Crippen MR) is 149 cm³/mol. The number of piperazine rings is 1. The summed E-state index contributed by atoms with van der Waals surface area (Å²) >= 11 is 0. The van der Waals surface area contributed by atoms with Crippen LogP contribution in [0.25, 0.3) is 0 Å². The molecule has 0 bridgehead atoms. The number of likely N-dealkylation sites (tertiary alicyclic amines) is 1. The van der Waals surface area contributed by atoms with Crippen molar-refractivity contribution in [2.75, 3.05) is 45.2 Å². The predicted octanol–water partition coefficient (Wildman–Crippen LogP) is 2.66. The molecule has 2 aliphatic carbocycles. The fourth-order valence-corrected chi connectivity index (χ4v) is 7.74. The molecule has 3 fully saturated rings. The van der Waals surface area contributed by atoms with Crippen LogP contribution in [-0.4, -0.2) is 83.4 Å². The fourth-order valence-electron chi connectivity index (χ4n) is 7.74. The van der Waals surface area contributed by atoms with Gasteiger partial charge in [-0.1, -0.05) is 24.3 Å². The number of likely N-dealkylation sites (N-methyl/N-ethyl adjacent to an activating group) is 1. The molecule has 1 saturated carbocycles. The maximum atomic E-state index is 14.7. The number of quaternary nitrogens is 1. The summed E-state index contributed by atoms with van der Waals surface area (Å²) in [4.78, 5) is 37.7. The Morgan fingerprint density at radius 2 is 1.85 bits per heavy atom. The Balaban J connectivity index is 1.29. The molecule has 2 aliphatic heterocycles. The van der Waals surface area contributed by atoms with Crippen LogP contribution in [0.4, 0.5) is 11.5 Å². The van der Waals surface area contributed by atoms with Crippen LogP contribution in [0.2, 0.25) is 0 Å². The van der Waals surface area contributed by atoms with E-state index >= 15 is 0 Å². The third kappa shape index (κ3) is 3.36. The van der Waals surface area contributed by atoms with Gasteiger partial charge in [0, 0.05) is 63.2 Å². The zero-order chi connectivity index (χ0) is 27.1. The maximum Gasteiger partial charge on any atom is 0.328 e. The highest BCUT2D eigenvalue weighted by Gasteiger charge is 2.79. The largest absolute Gasteiger partial charge is 0.354 e. The number of aromatic nitrogens is 3. The third-order valence-corrected chi connectivity index (χ3v) is 9.99. The van der Waals surface area contributed by atoms with Gasteiger partial charge in [-0.05, 0) is 36.7 Å². The zero-order valence-corrected chi connectivity index (χ0v) is 22.7.